The number of nitrogens with one attached hydrogen (secondary N) is 6. The number of hydrogen-bond donors (Lipinski definition) is 9. The maximum atomic E-state index is 13.9. The Morgan fingerprint density at radius 2 is 1.45 bits per heavy atom. The highest BCUT2D eigenvalue weighted by atomic mass is 32.2. The first kappa shape index (κ1) is 46.4. The Morgan fingerprint density at radius 3 is 2.11 bits per heavy atom. The molecule has 1 aromatic carbocycles. The number of amides is 6. The number of carbonyl (C=O) groups excluding carboxylic acids is 8. The van der Waals surface area contributed by atoms with Crippen molar-refractivity contribution >= 4 is 70.2 Å². The molecule has 1 aliphatic heterocycles. The van der Waals surface area contributed by atoms with Crippen LogP contribution in [0.1, 0.15) is 63.4 Å². The number of guanidine groups is 1. The predicted molar refractivity (Wildman–Crippen MR) is 203 cm³/mol. The lowest BCUT2D eigenvalue weighted by Crippen LogP contribution is -2.58. The molecule has 1 aromatic rings. The third-order valence-electron chi connectivity index (χ3n) is 8.18. The molecule has 0 spiro atoms. The summed E-state index contributed by atoms with van der Waals surface area (Å²) in [5.74, 6) is -6.37. The van der Waals surface area contributed by atoms with Gasteiger partial charge in [-0.1, -0.05) is 42.1 Å². The van der Waals surface area contributed by atoms with E-state index in [1.165, 1.54) is 7.11 Å². The Hall–Kier alpha value is -5.73. The maximum absolute atomic E-state index is 13.9. The van der Waals surface area contributed by atoms with Crippen molar-refractivity contribution in [3.8, 4) is 0 Å². The Kier molecular flexibility index (Phi) is 21.0. The number of unbranched alkanes of at least 4 members (excludes halogenated alkanes) is 1. The van der Waals surface area contributed by atoms with Gasteiger partial charge in [-0.2, -0.15) is 0 Å². The van der Waals surface area contributed by atoms with Crippen molar-refractivity contribution in [2.24, 2.45) is 16.5 Å². The van der Waals surface area contributed by atoms with E-state index in [9.17, 15) is 48.3 Å². The minimum Gasteiger partial charge on any atom is -0.481 e. The van der Waals surface area contributed by atoms with E-state index in [4.69, 9.17) is 11.5 Å². The number of carbonyl (C=O) groups is 9. The van der Waals surface area contributed by atoms with Gasteiger partial charge in [0.05, 0.1) is 26.5 Å². The molecule has 20 nitrogen and oxygen atoms in total. The molecule has 0 radical (unpaired) electrons. The number of ether oxygens (including phenoxy) is 1. The van der Waals surface area contributed by atoms with Gasteiger partial charge in [0.15, 0.2) is 11.1 Å². The molecule has 0 aromatic heterocycles. The van der Waals surface area contributed by atoms with Gasteiger partial charge in [0.25, 0.3) is 0 Å². The van der Waals surface area contributed by atoms with E-state index in [1.54, 1.807) is 30.3 Å². The highest BCUT2D eigenvalue weighted by Gasteiger charge is 2.33. The summed E-state index contributed by atoms with van der Waals surface area (Å²) in [5.41, 5.74) is 11.4. The van der Waals surface area contributed by atoms with E-state index in [1.807, 2.05) is 0 Å². The SMILES string of the molecule is COC(=O)CCSC(=O)CCC(=O)NCCCC[C@@H]1NC(=O)[C@@H](Cc2ccccc2)NC(=O)[C@H](CC(=O)O)NC(=O)CNC(=O)[C@H](CCCN=C(N)N)NC1=O. The molecule has 21 heteroatoms. The van der Waals surface area contributed by atoms with Gasteiger partial charge in [0, 0.05) is 38.1 Å². The molecule has 4 atom stereocenters. The van der Waals surface area contributed by atoms with Crippen molar-refractivity contribution in [3.63, 3.8) is 0 Å². The third kappa shape index (κ3) is 19.0. The number of aliphatic imine (C=N–C) groups is 1. The zero-order chi connectivity index (χ0) is 41.5. The summed E-state index contributed by atoms with van der Waals surface area (Å²) in [6.07, 6.45) is -0.00539. The van der Waals surface area contributed by atoms with Gasteiger partial charge >= 0.3 is 11.9 Å². The molecule has 11 N–H and O–H groups in total. The third-order valence-corrected chi connectivity index (χ3v) is 9.11. The van der Waals surface area contributed by atoms with Crippen molar-refractivity contribution in [3.05, 3.63) is 35.9 Å². The first-order valence-electron chi connectivity index (χ1n) is 18.0. The molecule has 1 saturated heterocycles. The summed E-state index contributed by atoms with van der Waals surface area (Å²) < 4.78 is 4.53. The lowest BCUT2D eigenvalue weighted by atomic mass is 10.0. The van der Waals surface area contributed by atoms with Crippen LogP contribution >= 0.6 is 11.8 Å². The molecule has 0 aliphatic carbocycles. The fourth-order valence-electron chi connectivity index (χ4n) is 5.26. The average Bonchev–Trinajstić information content (AvgIpc) is 3.15. The first-order chi connectivity index (χ1) is 26.7. The minimum absolute atomic E-state index is 0.0211. The van der Waals surface area contributed by atoms with E-state index in [0.29, 0.717) is 12.0 Å². The van der Waals surface area contributed by atoms with Crippen molar-refractivity contribution < 1.29 is 53.0 Å². The monoisotopic (exact) mass is 805 g/mol. The second-order valence-electron chi connectivity index (χ2n) is 12.7. The molecule has 56 heavy (non-hydrogen) atoms. The molecule has 308 valence electrons. The van der Waals surface area contributed by atoms with Gasteiger partial charge in [-0.05, 0) is 37.7 Å². The van der Waals surface area contributed by atoms with Crippen LogP contribution in [-0.4, -0.2) is 120 Å². The maximum Gasteiger partial charge on any atom is 0.306 e. The molecular weight excluding hydrogens is 755 g/mol. The Balaban J connectivity index is 2.25. The quantitative estimate of drug-likeness (QED) is 0.0308. The summed E-state index contributed by atoms with van der Waals surface area (Å²) in [5, 5.41) is 24.4. The van der Waals surface area contributed by atoms with Crippen LogP contribution in [0.3, 0.4) is 0 Å². The normalized spacial score (nSPS) is 19.3. The first-order valence-corrected chi connectivity index (χ1v) is 19.0. The number of nitrogens with two attached hydrogens (primary N) is 2. The molecule has 1 aliphatic rings. The van der Waals surface area contributed by atoms with E-state index < -0.39 is 78.6 Å². The Labute approximate surface area is 327 Å². The minimum atomic E-state index is -1.61. The second kappa shape index (κ2) is 25.4. The number of thioether (sulfide) groups is 1. The van der Waals surface area contributed by atoms with E-state index in [2.05, 4.69) is 41.6 Å². The zero-order valence-electron chi connectivity index (χ0n) is 31.1. The van der Waals surface area contributed by atoms with Crippen molar-refractivity contribution in [2.45, 2.75) is 88.4 Å². The Morgan fingerprint density at radius 1 is 0.821 bits per heavy atom. The highest BCUT2D eigenvalue weighted by molar-refractivity contribution is 8.13. The van der Waals surface area contributed by atoms with Crippen LogP contribution in [0.2, 0.25) is 0 Å². The van der Waals surface area contributed by atoms with Crippen molar-refractivity contribution in [1.82, 2.24) is 31.9 Å². The molecule has 0 bridgehead atoms. The molecule has 2 rings (SSSR count). The van der Waals surface area contributed by atoms with E-state index >= 15 is 0 Å². The largest absolute Gasteiger partial charge is 0.481 e. The van der Waals surface area contributed by atoms with Gasteiger partial charge < -0.3 is 53.2 Å². The number of carboxylic acid groups (broad SMARTS) is 1. The number of esters is 1. The number of carboxylic acids is 1. The van der Waals surface area contributed by atoms with Crippen LogP contribution in [-0.2, 0) is 54.3 Å². The summed E-state index contributed by atoms with van der Waals surface area (Å²) in [7, 11) is 1.25. The van der Waals surface area contributed by atoms with Gasteiger partial charge in [0.1, 0.15) is 24.2 Å². The molecular formula is C35H51N9O11S. The van der Waals surface area contributed by atoms with Crippen LogP contribution < -0.4 is 43.4 Å². The zero-order valence-corrected chi connectivity index (χ0v) is 32.0. The van der Waals surface area contributed by atoms with Crippen LogP contribution in [0, 0.1) is 0 Å². The van der Waals surface area contributed by atoms with E-state index in [-0.39, 0.29) is 87.2 Å². The average molecular weight is 806 g/mol. The van der Waals surface area contributed by atoms with Crippen LogP contribution in [0.5, 0.6) is 0 Å². The van der Waals surface area contributed by atoms with E-state index in [0.717, 1.165) is 11.8 Å². The lowest BCUT2D eigenvalue weighted by Gasteiger charge is -2.26. The van der Waals surface area contributed by atoms with Gasteiger partial charge in [-0.15, -0.1) is 0 Å². The fourth-order valence-corrected chi connectivity index (χ4v) is 6.01. The number of nitrogens with zero attached hydrogens (tertiary/aromatic N) is 1. The number of rotatable bonds is 19. The molecule has 0 saturated carbocycles. The van der Waals surface area contributed by atoms with Crippen molar-refractivity contribution in [2.75, 3.05) is 32.5 Å². The summed E-state index contributed by atoms with van der Waals surface area (Å²) in [6.45, 7) is -0.369. The molecule has 6 amide bonds. The van der Waals surface area contributed by atoms with Crippen LogP contribution in [0.25, 0.3) is 0 Å². The molecule has 0 unspecified atom stereocenters. The number of aliphatic carboxylic acids is 1. The smallest absolute Gasteiger partial charge is 0.306 e. The lowest BCUT2D eigenvalue weighted by molar-refractivity contribution is -0.141. The number of benzene rings is 1. The molecule has 1 heterocycles. The second-order valence-corrected chi connectivity index (χ2v) is 13.8. The van der Waals surface area contributed by atoms with Crippen LogP contribution in [0.4, 0.5) is 0 Å². The summed E-state index contributed by atoms with van der Waals surface area (Å²) in [6, 6.07) is 3.18. The summed E-state index contributed by atoms with van der Waals surface area (Å²) in [4.78, 5) is 118. The predicted octanol–water partition coefficient (Wildman–Crippen LogP) is -2.28. The number of methoxy groups -OCH3 is 1. The van der Waals surface area contributed by atoms with Gasteiger partial charge in [-0.25, -0.2) is 0 Å². The Bertz CT molecular complexity index is 1570. The summed E-state index contributed by atoms with van der Waals surface area (Å²) >= 11 is 0.934. The van der Waals surface area contributed by atoms with Gasteiger partial charge in [0.2, 0.25) is 35.4 Å². The topological polar surface area (TPSA) is 320 Å². The highest BCUT2D eigenvalue weighted by Crippen LogP contribution is 2.11. The van der Waals surface area contributed by atoms with Gasteiger partial charge in [-0.3, -0.25) is 48.1 Å². The molecule has 1 fully saturated rings. The fraction of sp³-hybridized carbons (Fsp3) is 0.543. The standard InChI is InChI=1S/C35H51N9O11S/c1-55-29(49)14-17-56-30(50)13-12-26(45)38-15-6-5-10-23-32(52)42-22(11-7-16-39-35(36)37)31(51)40-20-27(46)41-25(19-28(47)48)34(54)44-24(33(53)43-23)18-21-8-3-2-4-9-21/h2-4,8-9,22-25H,5-7,10-20H2,1H3,(H,38,45)(H,40,51)(H,41,46)(H,42,52)(H,43,53)(H,44,54)(H,47,48)(H4,36,37,39)/t22-,23-,24+,25-/m0/s1. The number of hydrogen-bond acceptors (Lipinski definition) is 12. The van der Waals surface area contributed by atoms with Crippen LogP contribution in [0.15, 0.2) is 35.3 Å². The van der Waals surface area contributed by atoms with Crippen molar-refractivity contribution in [1.29, 1.82) is 0 Å².